The lowest BCUT2D eigenvalue weighted by Gasteiger charge is -2.12. The van der Waals surface area contributed by atoms with E-state index in [2.05, 4.69) is 15.9 Å². The van der Waals surface area contributed by atoms with Crippen molar-refractivity contribution in [3.8, 4) is 11.5 Å². The van der Waals surface area contributed by atoms with Crippen LogP contribution < -0.4 is 14.6 Å². The van der Waals surface area contributed by atoms with Gasteiger partial charge in [0.25, 0.3) is 0 Å². The maximum absolute atomic E-state index is 10.4. The van der Waals surface area contributed by atoms with E-state index >= 15 is 0 Å². The van der Waals surface area contributed by atoms with Crippen molar-refractivity contribution in [1.82, 2.24) is 0 Å². The molecular formula is C11H12BrO4-. The first-order valence-corrected chi connectivity index (χ1v) is 5.48. The second kappa shape index (κ2) is 5.75. The van der Waals surface area contributed by atoms with Gasteiger partial charge in [0.05, 0.1) is 18.7 Å². The highest BCUT2D eigenvalue weighted by atomic mass is 79.9. The molecule has 0 saturated carbocycles. The molecule has 0 aliphatic carbocycles. The van der Waals surface area contributed by atoms with E-state index < -0.39 is 5.97 Å². The molecule has 0 unspecified atom stereocenters. The molecule has 0 atom stereocenters. The van der Waals surface area contributed by atoms with Gasteiger partial charge in [-0.05, 0) is 46.5 Å². The van der Waals surface area contributed by atoms with Gasteiger partial charge in [0.2, 0.25) is 0 Å². The van der Waals surface area contributed by atoms with E-state index in [4.69, 9.17) is 9.47 Å². The number of ether oxygens (including phenoxy) is 2. The molecule has 0 spiro atoms. The van der Waals surface area contributed by atoms with Crippen molar-refractivity contribution < 1.29 is 19.4 Å². The van der Waals surface area contributed by atoms with Crippen LogP contribution in [0.3, 0.4) is 0 Å². The van der Waals surface area contributed by atoms with Gasteiger partial charge in [-0.3, -0.25) is 0 Å². The molecule has 0 heterocycles. The van der Waals surface area contributed by atoms with E-state index in [1.807, 2.05) is 6.07 Å². The molecule has 0 radical (unpaired) electrons. The molecule has 1 rings (SSSR count). The summed E-state index contributed by atoms with van der Waals surface area (Å²) in [4.78, 5) is 10.4. The van der Waals surface area contributed by atoms with Crippen LogP contribution >= 0.6 is 15.9 Å². The average molecular weight is 288 g/mol. The smallest absolute Gasteiger partial charge is 0.174 e. The van der Waals surface area contributed by atoms with E-state index in [0.29, 0.717) is 17.9 Å². The number of carboxylic acid groups (broad SMARTS) is 1. The molecule has 5 heteroatoms. The second-order valence-corrected chi connectivity index (χ2v) is 4.04. The number of carboxylic acids is 1. The number of hydrogen-bond donors (Lipinski definition) is 0. The lowest BCUT2D eigenvalue weighted by atomic mass is 10.1. The number of aryl methyl sites for hydroxylation is 1. The van der Waals surface area contributed by atoms with Gasteiger partial charge in [0.15, 0.2) is 11.5 Å². The topological polar surface area (TPSA) is 58.6 Å². The summed E-state index contributed by atoms with van der Waals surface area (Å²) in [5.41, 5.74) is 0.855. The normalized spacial score (nSPS) is 9.94. The predicted molar refractivity (Wildman–Crippen MR) is 60.6 cm³/mol. The fourth-order valence-corrected chi connectivity index (χ4v) is 2.01. The summed E-state index contributed by atoms with van der Waals surface area (Å²) in [6.07, 6.45) is 0.392. The second-order valence-electron chi connectivity index (χ2n) is 3.19. The van der Waals surface area contributed by atoms with Crippen molar-refractivity contribution >= 4 is 21.9 Å². The van der Waals surface area contributed by atoms with Crippen LogP contribution in [0.5, 0.6) is 11.5 Å². The maximum atomic E-state index is 10.4. The SMILES string of the molecule is COc1cc(CCC(=O)[O-])cc(Br)c1OC. The molecule has 16 heavy (non-hydrogen) atoms. The Bertz CT molecular complexity index is 390. The third-order valence-corrected chi connectivity index (χ3v) is 2.70. The number of halogens is 1. The van der Waals surface area contributed by atoms with Gasteiger partial charge in [-0.15, -0.1) is 0 Å². The molecule has 0 aliphatic heterocycles. The van der Waals surface area contributed by atoms with E-state index in [9.17, 15) is 9.90 Å². The van der Waals surface area contributed by atoms with Gasteiger partial charge in [-0.1, -0.05) is 0 Å². The van der Waals surface area contributed by atoms with Gasteiger partial charge < -0.3 is 19.4 Å². The van der Waals surface area contributed by atoms with E-state index in [1.165, 1.54) is 7.11 Å². The van der Waals surface area contributed by atoms with E-state index in [1.54, 1.807) is 13.2 Å². The minimum Gasteiger partial charge on any atom is -0.550 e. The molecule has 1 aromatic carbocycles. The Morgan fingerprint density at radius 3 is 2.56 bits per heavy atom. The molecular weight excluding hydrogens is 276 g/mol. The fourth-order valence-electron chi connectivity index (χ4n) is 1.36. The number of methoxy groups -OCH3 is 2. The Labute approximate surface area is 102 Å². The molecule has 1 aromatic rings. The quantitative estimate of drug-likeness (QED) is 0.815. The number of hydrogen-bond acceptors (Lipinski definition) is 4. The van der Waals surface area contributed by atoms with Crippen molar-refractivity contribution in [3.63, 3.8) is 0 Å². The van der Waals surface area contributed by atoms with Crippen LogP contribution in [0.1, 0.15) is 12.0 Å². The van der Waals surface area contributed by atoms with Gasteiger partial charge >= 0.3 is 0 Å². The summed E-state index contributed by atoms with van der Waals surface area (Å²) in [6, 6.07) is 3.57. The Balaban J connectivity index is 2.96. The zero-order valence-electron chi connectivity index (χ0n) is 9.08. The van der Waals surface area contributed by atoms with Crippen LogP contribution in [0.15, 0.2) is 16.6 Å². The largest absolute Gasteiger partial charge is 0.550 e. The fraction of sp³-hybridized carbons (Fsp3) is 0.364. The van der Waals surface area contributed by atoms with Crippen LogP contribution in [0.2, 0.25) is 0 Å². The molecule has 0 aliphatic rings. The summed E-state index contributed by atoms with van der Waals surface area (Å²) in [5.74, 6) is 0.107. The van der Waals surface area contributed by atoms with Crippen LogP contribution in [0.4, 0.5) is 0 Å². The van der Waals surface area contributed by atoms with Gasteiger partial charge in [0.1, 0.15) is 0 Å². The van der Waals surface area contributed by atoms with Crippen molar-refractivity contribution in [2.75, 3.05) is 14.2 Å². The lowest BCUT2D eigenvalue weighted by molar-refractivity contribution is -0.305. The van der Waals surface area contributed by atoms with E-state index in [0.717, 1.165) is 10.0 Å². The van der Waals surface area contributed by atoms with Gasteiger partial charge in [-0.2, -0.15) is 0 Å². The van der Waals surface area contributed by atoms with Crippen molar-refractivity contribution in [2.45, 2.75) is 12.8 Å². The highest BCUT2D eigenvalue weighted by Gasteiger charge is 2.10. The van der Waals surface area contributed by atoms with Crippen LogP contribution in [-0.4, -0.2) is 20.2 Å². The summed E-state index contributed by atoms with van der Waals surface area (Å²) in [5, 5.41) is 10.4. The van der Waals surface area contributed by atoms with Crippen LogP contribution in [-0.2, 0) is 11.2 Å². The molecule has 0 saturated heterocycles. The molecule has 88 valence electrons. The van der Waals surface area contributed by atoms with Crippen molar-refractivity contribution in [1.29, 1.82) is 0 Å². The number of aliphatic carboxylic acids is 1. The number of carbonyl (C=O) groups excluding carboxylic acids is 1. The van der Waals surface area contributed by atoms with Crippen molar-refractivity contribution in [2.24, 2.45) is 0 Å². The molecule has 0 amide bonds. The Morgan fingerprint density at radius 1 is 1.38 bits per heavy atom. The highest BCUT2D eigenvalue weighted by Crippen LogP contribution is 2.36. The molecule has 0 bridgehead atoms. The van der Waals surface area contributed by atoms with Gasteiger partial charge in [-0.25, -0.2) is 0 Å². The monoisotopic (exact) mass is 287 g/mol. The summed E-state index contributed by atoms with van der Waals surface area (Å²) < 4.78 is 11.0. The maximum Gasteiger partial charge on any atom is 0.174 e. The number of rotatable bonds is 5. The zero-order chi connectivity index (χ0) is 12.1. The van der Waals surface area contributed by atoms with Crippen LogP contribution in [0.25, 0.3) is 0 Å². The lowest BCUT2D eigenvalue weighted by Crippen LogP contribution is -2.22. The summed E-state index contributed by atoms with van der Waals surface area (Å²) in [6.45, 7) is 0. The number of benzene rings is 1. The standard InChI is InChI=1S/C11H13BrO4/c1-15-9-6-7(3-4-10(13)14)5-8(12)11(9)16-2/h5-6H,3-4H2,1-2H3,(H,13,14)/p-1. The highest BCUT2D eigenvalue weighted by molar-refractivity contribution is 9.10. The van der Waals surface area contributed by atoms with Crippen LogP contribution in [0, 0.1) is 0 Å². The minimum absolute atomic E-state index is 0.0120. The first-order chi connectivity index (χ1) is 7.58. The zero-order valence-corrected chi connectivity index (χ0v) is 10.7. The van der Waals surface area contributed by atoms with E-state index in [-0.39, 0.29) is 6.42 Å². The first-order valence-electron chi connectivity index (χ1n) is 4.68. The van der Waals surface area contributed by atoms with Crippen molar-refractivity contribution in [3.05, 3.63) is 22.2 Å². The third-order valence-electron chi connectivity index (χ3n) is 2.11. The Kier molecular flexibility index (Phi) is 4.61. The first kappa shape index (κ1) is 12.8. The predicted octanol–water partition coefficient (Wildman–Crippen LogP) is 1.15. The minimum atomic E-state index is -1.06. The number of carbonyl (C=O) groups is 1. The summed E-state index contributed by atoms with van der Waals surface area (Å²) in [7, 11) is 3.08. The molecule has 0 aromatic heterocycles. The molecule has 0 N–H and O–H groups in total. The third kappa shape index (κ3) is 3.13. The Hall–Kier alpha value is -1.23. The Morgan fingerprint density at radius 2 is 2.06 bits per heavy atom. The molecule has 0 fully saturated rings. The summed E-state index contributed by atoms with van der Waals surface area (Å²) >= 11 is 3.34. The average Bonchev–Trinajstić information content (AvgIpc) is 2.25. The van der Waals surface area contributed by atoms with Gasteiger partial charge in [0, 0.05) is 5.97 Å². The molecule has 4 nitrogen and oxygen atoms in total.